The first kappa shape index (κ1) is 15.5. The summed E-state index contributed by atoms with van der Waals surface area (Å²) in [6.07, 6.45) is 3.81. The molecule has 1 N–H and O–H groups in total. The third-order valence-corrected chi connectivity index (χ3v) is 4.42. The summed E-state index contributed by atoms with van der Waals surface area (Å²) in [4.78, 5) is 1.97. The van der Waals surface area contributed by atoms with Crippen LogP contribution in [0.25, 0.3) is 0 Å². The molecule has 0 spiro atoms. The van der Waals surface area contributed by atoms with E-state index >= 15 is 0 Å². The fourth-order valence-corrected chi connectivity index (χ4v) is 2.69. The summed E-state index contributed by atoms with van der Waals surface area (Å²) in [5.74, 6) is 2.02. The molecule has 2 rings (SSSR count). The molecule has 1 fully saturated rings. The van der Waals surface area contributed by atoms with E-state index in [1.54, 1.807) is 0 Å². The van der Waals surface area contributed by atoms with Gasteiger partial charge in [-0.1, -0.05) is 0 Å². The minimum Gasteiger partial charge on any atom is -0.465 e. The van der Waals surface area contributed by atoms with Crippen molar-refractivity contribution < 1.29 is 12.8 Å². The van der Waals surface area contributed by atoms with Crippen molar-refractivity contribution in [3.63, 3.8) is 0 Å². The van der Waals surface area contributed by atoms with Crippen molar-refractivity contribution >= 4 is 9.84 Å². The lowest BCUT2D eigenvalue weighted by Gasteiger charge is -2.13. The molecule has 0 aliphatic heterocycles. The van der Waals surface area contributed by atoms with Gasteiger partial charge in [-0.15, -0.1) is 0 Å². The van der Waals surface area contributed by atoms with E-state index in [0.717, 1.165) is 18.1 Å². The van der Waals surface area contributed by atoms with Crippen LogP contribution in [0.3, 0.4) is 0 Å². The zero-order valence-corrected chi connectivity index (χ0v) is 13.3. The predicted octanol–water partition coefficient (Wildman–Crippen LogP) is 1.32. The van der Waals surface area contributed by atoms with Gasteiger partial charge in [0.05, 0.1) is 12.3 Å². The summed E-state index contributed by atoms with van der Waals surface area (Å²) >= 11 is 0. The first-order valence-corrected chi connectivity index (χ1v) is 9.07. The highest BCUT2D eigenvalue weighted by Gasteiger charge is 2.21. The fraction of sp³-hybridized carbons (Fsp3) is 0.714. The number of sulfone groups is 1. The Balaban J connectivity index is 1.83. The first-order chi connectivity index (χ1) is 9.33. The minimum atomic E-state index is -2.91. The normalized spacial score (nSPS) is 16.0. The summed E-state index contributed by atoms with van der Waals surface area (Å²) in [5, 5.41) is 3.47. The molecule has 0 bridgehead atoms. The molecule has 0 atom stereocenters. The number of furan rings is 1. The molecule has 1 aliphatic carbocycles. The van der Waals surface area contributed by atoms with E-state index in [9.17, 15) is 8.42 Å². The van der Waals surface area contributed by atoms with Crippen LogP contribution in [0.1, 0.15) is 29.9 Å². The number of aryl methyl sites for hydroxylation is 1. The first-order valence-electron chi connectivity index (χ1n) is 7.01. The Morgan fingerprint density at radius 2 is 2.15 bits per heavy atom. The van der Waals surface area contributed by atoms with Crippen molar-refractivity contribution in [1.29, 1.82) is 0 Å². The van der Waals surface area contributed by atoms with Gasteiger partial charge < -0.3 is 9.73 Å². The van der Waals surface area contributed by atoms with Gasteiger partial charge >= 0.3 is 0 Å². The monoisotopic (exact) mass is 300 g/mol. The van der Waals surface area contributed by atoms with Crippen LogP contribution in [-0.4, -0.2) is 45.0 Å². The topological polar surface area (TPSA) is 62.6 Å². The number of rotatable bonds is 8. The molecule has 0 amide bonds. The van der Waals surface area contributed by atoms with Crippen molar-refractivity contribution in [3.05, 3.63) is 23.2 Å². The highest BCUT2D eigenvalue weighted by atomic mass is 32.2. The summed E-state index contributed by atoms with van der Waals surface area (Å²) in [6.45, 7) is 3.99. The third-order valence-electron chi connectivity index (χ3n) is 3.50. The quantitative estimate of drug-likeness (QED) is 0.784. The Bertz CT molecular complexity index is 547. The molecule has 20 heavy (non-hydrogen) atoms. The van der Waals surface area contributed by atoms with Crippen molar-refractivity contribution in [2.45, 2.75) is 38.9 Å². The van der Waals surface area contributed by atoms with Gasteiger partial charge in [0, 0.05) is 31.0 Å². The maximum absolute atomic E-state index is 11.1. The Morgan fingerprint density at radius 1 is 1.45 bits per heavy atom. The van der Waals surface area contributed by atoms with Gasteiger partial charge in [0.15, 0.2) is 0 Å². The number of hydrogen-bond donors (Lipinski definition) is 1. The summed E-state index contributed by atoms with van der Waals surface area (Å²) < 4.78 is 28.0. The molecule has 1 heterocycles. The van der Waals surface area contributed by atoms with E-state index < -0.39 is 9.84 Å². The van der Waals surface area contributed by atoms with Crippen LogP contribution in [0.15, 0.2) is 10.5 Å². The highest BCUT2D eigenvalue weighted by molar-refractivity contribution is 7.90. The van der Waals surface area contributed by atoms with Crippen LogP contribution in [0.2, 0.25) is 0 Å². The molecule has 0 unspecified atom stereocenters. The van der Waals surface area contributed by atoms with Crippen LogP contribution < -0.4 is 5.32 Å². The second-order valence-electron chi connectivity index (χ2n) is 5.82. The average Bonchev–Trinajstić information content (AvgIpc) is 3.09. The molecular formula is C14H24N2O3S. The van der Waals surface area contributed by atoms with Gasteiger partial charge in [-0.3, -0.25) is 4.90 Å². The third kappa shape index (κ3) is 5.26. The maximum atomic E-state index is 11.1. The second kappa shape index (κ2) is 6.28. The Kier molecular flexibility index (Phi) is 4.88. The lowest BCUT2D eigenvalue weighted by molar-refractivity contribution is 0.306. The van der Waals surface area contributed by atoms with Crippen molar-refractivity contribution in [2.75, 3.05) is 25.6 Å². The Labute approximate surface area is 121 Å². The van der Waals surface area contributed by atoms with Gasteiger partial charge in [-0.2, -0.15) is 0 Å². The van der Waals surface area contributed by atoms with E-state index in [0.29, 0.717) is 19.1 Å². The predicted molar refractivity (Wildman–Crippen MR) is 79.4 cm³/mol. The van der Waals surface area contributed by atoms with E-state index in [-0.39, 0.29) is 5.75 Å². The number of hydrogen-bond acceptors (Lipinski definition) is 5. The van der Waals surface area contributed by atoms with Crippen LogP contribution in [-0.2, 0) is 22.9 Å². The molecule has 6 heteroatoms. The van der Waals surface area contributed by atoms with Gasteiger partial charge in [0.25, 0.3) is 0 Å². The Morgan fingerprint density at radius 3 is 2.75 bits per heavy atom. The molecule has 1 aromatic heterocycles. The van der Waals surface area contributed by atoms with E-state index in [4.69, 9.17) is 4.42 Å². The van der Waals surface area contributed by atoms with Crippen LogP contribution in [0.4, 0.5) is 0 Å². The van der Waals surface area contributed by atoms with Gasteiger partial charge in [-0.25, -0.2) is 8.42 Å². The van der Waals surface area contributed by atoms with Crippen molar-refractivity contribution in [2.24, 2.45) is 0 Å². The molecule has 0 saturated heterocycles. The van der Waals surface area contributed by atoms with E-state index in [1.807, 2.05) is 18.9 Å². The second-order valence-corrected chi connectivity index (χ2v) is 8.08. The largest absolute Gasteiger partial charge is 0.465 e. The van der Waals surface area contributed by atoms with Crippen LogP contribution >= 0.6 is 0 Å². The molecule has 114 valence electrons. The smallest absolute Gasteiger partial charge is 0.148 e. The molecule has 1 aliphatic rings. The minimum absolute atomic E-state index is 0.180. The van der Waals surface area contributed by atoms with E-state index in [2.05, 4.69) is 11.4 Å². The van der Waals surface area contributed by atoms with Gasteiger partial charge in [0.2, 0.25) is 0 Å². The molecular weight excluding hydrogens is 276 g/mol. The molecule has 1 saturated carbocycles. The summed E-state index contributed by atoms with van der Waals surface area (Å²) in [5.41, 5.74) is 1.20. The lowest BCUT2D eigenvalue weighted by Crippen LogP contribution is -2.24. The standard InChI is InChI=1S/C14H24N2O3S/c1-11-12(9-15-13-4-5-13)8-14(19-11)10-16(2)6-7-20(3,17)18/h8,13,15H,4-7,9-10H2,1-3H3. The van der Waals surface area contributed by atoms with Crippen molar-refractivity contribution in [1.82, 2.24) is 10.2 Å². The molecule has 1 aromatic rings. The Hall–Kier alpha value is -0.850. The fourth-order valence-electron chi connectivity index (χ4n) is 2.05. The van der Waals surface area contributed by atoms with Crippen LogP contribution in [0.5, 0.6) is 0 Å². The molecule has 0 aromatic carbocycles. The molecule has 5 nitrogen and oxygen atoms in total. The highest BCUT2D eigenvalue weighted by Crippen LogP contribution is 2.21. The lowest BCUT2D eigenvalue weighted by atomic mass is 10.2. The zero-order chi connectivity index (χ0) is 14.8. The van der Waals surface area contributed by atoms with Gasteiger partial charge in [0.1, 0.15) is 21.4 Å². The molecule has 0 radical (unpaired) electrons. The maximum Gasteiger partial charge on any atom is 0.148 e. The van der Waals surface area contributed by atoms with Crippen LogP contribution in [0, 0.1) is 6.92 Å². The number of nitrogens with zero attached hydrogens (tertiary/aromatic N) is 1. The summed E-state index contributed by atoms with van der Waals surface area (Å²) in [7, 11) is -1.00. The SMILES string of the molecule is Cc1oc(CN(C)CCS(C)(=O)=O)cc1CNC1CC1. The number of nitrogens with one attached hydrogen (secondary N) is 1. The van der Waals surface area contributed by atoms with E-state index in [1.165, 1.54) is 24.7 Å². The van der Waals surface area contributed by atoms with Crippen molar-refractivity contribution in [3.8, 4) is 0 Å². The van der Waals surface area contributed by atoms with Gasteiger partial charge in [-0.05, 0) is 32.9 Å². The zero-order valence-electron chi connectivity index (χ0n) is 12.5. The summed E-state index contributed by atoms with van der Waals surface area (Å²) in [6, 6.07) is 2.76. The average molecular weight is 300 g/mol.